The van der Waals surface area contributed by atoms with Crippen LogP contribution in [0.15, 0.2) is 68.0 Å². The Morgan fingerprint density at radius 3 is 2.55 bits per heavy atom. The number of ether oxygens (including phenoxy) is 2. The zero-order valence-electron chi connectivity index (χ0n) is 21.7. The Labute approximate surface area is 233 Å². The van der Waals surface area contributed by atoms with E-state index in [9.17, 15) is 9.59 Å². The first-order chi connectivity index (χ1) is 18.4. The third-order valence-corrected chi connectivity index (χ3v) is 8.52. The molecule has 0 saturated carbocycles. The molecule has 1 saturated heterocycles. The van der Waals surface area contributed by atoms with Crippen LogP contribution >= 0.6 is 27.3 Å². The molecule has 0 aliphatic carbocycles. The lowest BCUT2D eigenvalue weighted by molar-refractivity contribution is -0.139. The van der Waals surface area contributed by atoms with Crippen LogP contribution in [0.4, 0.5) is 5.69 Å². The number of methoxy groups -OCH3 is 1. The van der Waals surface area contributed by atoms with E-state index in [1.165, 1.54) is 36.3 Å². The van der Waals surface area contributed by atoms with E-state index in [-0.39, 0.29) is 12.2 Å². The monoisotopic (exact) mass is 595 g/mol. The molecule has 0 bridgehead atoms. The molecule has 0 N–H and O–H groups in total. The van der Waals surface area contributed by atoms with Crippen molar-refractivity contribution >= 4 is 45.0 Å². The Hall–Kier alpha value is -3.17. The summed E-state index contributed by atoms with van der Waals surface area (Å²) in [5, 5.41) is 0. The fraction of sp³-hybridized carbons (Fsp3) is 0.345. The standard InChI is InChI=1S/C29H30BrN3O4S/c1-4-37-28(35)25-18(2)31-29-33(26(25)20-10-13-23(36-3)22(30)17-20)27(34)24(38-29)16-19-8-11-21(12-9-19)32-14-6-5-7-15-32/h8-13,16-17,26H,4-7,14-15H2,1-3H3/b24-16+/t26-/m0/s1. The number of anilines is 1. The molecular formula is C29H30BrN3O4S. The molecular weight excluding hydrogens is 566 g/mol. The van der Waals surface area contributed by atoms with Gasteiger partial charge in [0.15, 0.2) is 4.80 Å². The summed E-state index contributed by atoms with van der Waals surface area (Å²) in [7, 11) is 1.59. The van der Waals surface area contributed by atoms with Crippen LogP contribution in [-0.2, 0) is 9.53 Å². The number of hydrogen-bond acceptors (Lipinski definition) is 7. The number of nitrogens with zero attached hydrogens (tertiary/aromatic N) is 3. The molecule has 1 atom stereocenters. The second-order valence-electron chi connectivity index (χ2n) is 9.34. The molecule has 0 spiro atoms. The highest BCUT2D eigenvalue weighted by atomic mass is 79.9. The predicted molar refractivity (Wildman–Crippen MR) is 154 cm³/mol. The van der Waals surface area contributed by atoms with Gasteiger partial charge < -0.3 is 14.4 Å². The summed E-state index contributed by atoms with van der Waals surface area (Å²) < 4.78 is 13.7. The first kappa shape index (κ1) is 26.4. The summed E-state index contributed by atoms with van der Waals surface area (Å²) in [6, 6.07) is 13.2. The molecule has 2 aliphatic rings. The number of esters is 1. The minimum atomic E-state index is -0.670. The number of carbonyl (C=O) groups is 1. The molecule has 1 fully saturated rings. The van der Waals surface area contributed by atoms with E-state index in [4.69, 9.17) is 9.47 Å². The van der Waals surface area contributed by atoms with E-state index in [1.807, 2.05) is 24.3 Å². The lowest BCUT2D eigenvalue weighted by Gasteiger charge is -2.28. The Bertz CT molecular complexity index is 1570. The van der Waals surface area contributed by atoms with Crippen LogP contribution in [-0.4, -0.2) is 37.3 Å². The van der Waals surface area contributed by atoms with Gasteiger partial charge in [-0.05, 0) is 90.5 Å². The van der Waals surface area contributed by atoms with Gasteiger partial charge in [-0.25, -0.2) is 9.79 Å². The second kappa shape index (κ2) is 11.3. The number of piperidine rings is 1. The fourth-order valence-electron chi connectivity index (χ4n) is 5.04. The Balaban J connectivity index is 1.60. The van der Waals surface area contributed by atoms with Crippen molar-refractivity contribution in [3.63, 3.8) is 0 Å². The third kappa shape index (κ3) is 5.09. The van der Waals surface area contributed by atoms with Crippen LogP contribution in [0.3, 0.4) is 0 Å². The number of halogens is 1. The van der Waals surface area contributed by atoms with E-state index in [0.717, 1.165) is 28.7 Å². The first-order valence-electron chi connectivity index (χ1n) is 12.8. The molecule has 0 radical (unpaired) electrons. The fourth-order valence-corrected chi connectivity index (χ4v) is 6.65. The molecule has 0 unspecified atom stereocenters. The van der Waals surface area contributed by atoms with Crippen molar-refractivity contribution in [2.75, 3.05) is 31.7 Å². The van der Waals surface area contributed by atoms with Crippen LogP contribution in [0.2, 0.25) is 0 Å². The van der Waals surface area contributed by atoms with E-state index >= 15 is 0 Å². The minimum absolute atomic E-state index is 0.194. The lowest BCUT2D eigenvalue weighted by Crippen LogP contribution is -2.40. The number of rotatable bonds is 6. The van der Waals surface area contributed by atoms with Crippen LogP contribution in [0.25, 0.3) is 6.08 Å². The van der Waals surface area contributed by atoms with Crippen LogP contribution in [0, 0.1) is 0 Å². The van der Waals surface area contributed by atoms with Crippen molar-refractivity contribution in [1.29, 1.82) is 0 Å². The summed E-state index contributed by atoms with van der Waals surface area (Å²) >= 11 is 4.87. The van der Waals surface area contributed by atoms with E-state index in [0.29, 0.717) is 26.4 Å². The first-order valence-corrected chi connectivity index (χ1v) is 14.4. The average molecular weight is 597 g/mol. The number of carbonyl (C=O) groups excluding carboxylic acids is 1. The summed E-state index contributed by atoms with van der Waals surface area (Å²) in [4.78, 5) is 34.5. The number of allylic oxidation sites excluding steroid dienone is 1. The number of thiazole rings is 1. The molecule has 5 rings (SSSR count). The molecule has 3 heterocycles. The average Bonchev–Trinajstić information content (AvgIpc) is 3.22. The normalized spacial score (nSPS) is 17.7. The predicted octanol–water partition coefficient (Wildman–Crippen LogP) is 4.56. The summed E-state index contributed by atoms with van der Waals surface area (Å²) in [5.74, 6) is 0.181. The SMILES string of the molecule is CCOC(=O)C1=C(C)N=c2s/c(=C/c3ccc(N4CCCCC4)cc3)c(=O)n2[C@H]1c1ccc(OC)c(Br)c1. The van der Waals surface area contributed by atoms with Crippen LogP contribution in [0.1, 0.15) is 50.3 Å². The molecule has 7 nitrogen and oxygen atoms in total. The van der Waals surface area contributed by atoms with Crippen molar-refractivity contribution in [1.82, 2.24) is 4.57 Å². The highest BCUT2D eigenvalue weighted by molar-refractivity contribution is 9.10. The van der Waals surface area contributed by atoms with E-state index < -0.39 is 12.0 Å². The summed E-state index contributed by atoms with van der Waals surface area (Å²) in [6.45, 7) is 5.95. The third-order valence-electron chi connectivity index (χ3n) is 6.92. The van der Waals surface area contributed by atoms with Gasteiger partial charge >= 0.3 is 5.97 Å². The molecule has 38 heavy (non-hydrogen) atoms. The van der Waals surface area contributed by atoms with Gasteiger partial charge in [-0.15, -0.1) is 0 Å². The van der Waals surface area contributed by atoms with Crippen LogP contribution < -0.4 is 24.5 Å². The van der Waals surface area contributed by atoms with Gasteiger partial charge in [-0.1, -0.05) is 29.5 Å². The molecule has 2 aromatic carbocycles. The van der Waals surface area contributed by atoms with Crippen LogP contribution in [0.5, 0.6) is 5.75 Å². The van der Waals surface area contributed by atoms with Crippen molar-refractivity contribution < 1.29 is 14.3 Å². The van der Waals surface area contributed by atoms with E-state index in [2.05, 4.69) is 50.1 Å². The number of hydrogen-bond donors (Lipinski definition) is 0. The molecule has 0 amide bonds. The number of fused-ring (bicyclic) bond motifs is 1. The zero-order chi connectivity index (χ0) is 26.8. The minimum Gasteiger partial charge on any atom is -0.496 e. The summed E-state index contributed by atoms with van der Waals surface area (Å²) in [5.41, 5.74) is 3.62. The highest BCUT2D eigenvalue weighted by Gasteiger charge is 2.33. The maximum absolute atomic E-state index is 13.8. The molecule has 9 heteroatoms. The van der Waals surface area contributed by atoms with Crippen molar-refractivity contribution in [2.24, 2.45) is 4.99 Å². The Kier molecular flexibility index (Phi) is 7.85. The lowest BCUT2D eigenvalue weighted by atomic mass is 9.96. The van der Waals surface area contributed by atoms with E-state index in [1.54, 1.807) is 25.5 Å². The molecule has 198 valence electrons. The maximum Gasteiger partial charge on any atom is 0.338 e. The van der Waals surface area contributed by atoms with Crippen molar-refractivity contribution in [3.8, 4) is 5.75 Å². The zero-order valence-corrected chi connectivity index (χ0v) is 24.1. The van der Waals surface area contributed by atoms with Gasteiger partial charge in [-0.3, -0.25) is 9.36 Å². The number of benzene rings is 2. The molecule has 2 aliphatic heterocycles. The largest absolute Gasteiger partial charge is 0.496 e. The van der Waals surface area contributed by atoms with Gasteiger partial charge in [0.2, 0.25) is 0 Å². The number of aromatic nitrogens is 1. The molecule has 3 aromatic rings. The van der Waals surface area contributed by atoms with Crippen molar-refractivity contribution in [2.45, 2.75) is 39.2 Å². The smallest absolute Gasteiger partial charge is 0.338 e. The van der Waals surface area contributed by atoms with Gasteiger partial charge in [0, 0.05) is 18.8 Å². The summed E-state index contributed by atoms with van der Waals surface area (Å²) in [6.07, 6.45) is 5.64. The topological polar surface area (TPSA) is 73.1 Å². The van der Waals surface area contributed by atoms with Gasteiger partial charge in [-0.2, -0.15) is 0 Å². The van der Waals surface area contributed by atoms with Gasteiger partial charge in [0.05, 0.1) is 40.0 Å². The maximum atomic E-state index is 13.8. The van der Waals surface area contributed by atoms with Gasteiger partial charge in [0.1, 0.15) is 5.75 Å². The van der Waals surface area contributed by atoms with Crippen molar-refractivity contribution in [3.05, 3.63) is 89.0 Å². The highest BCUT2D eigenvalue weighted by Crippen LogP contribution is 2.35. The van der Waals surface area contributed by atoms with Gasteiger partial charge in [0.25, 0.3) is 5.56 Å². The molecule has 1 aromatic heterocycles. The second-order valence-corrected chi connectivity index (χ2v) is 11.2. The Morgan fingerprint density at radius 1 is 1.16 bits per heavy atom. The quantitative estimate of drug-likeness (QED) is 0.391. The Morgan fingerprint density at radius 2 is 1.89 bits per heavy atom.